The highest BCUT2D eigenvalue weighted by Crippen LogP contribution is 2.29. The molecule has 0 aliphatic rings. The van der Waals surface area contributed by atoms with Gasteiger partial charge in [0.1, 0.15) is 12.6 Å². The topological polar surface area (TPSA) is 86.8 Å². The number of sulfonamides is 1. The van der Waals surface area contributed by atoms with Gasteiger partial charge in [-0.2, -0.15) is 0 Å². The maximum absolute atomic E-state index is 14.6. The minimum atomic E-state index is -4.18. The first-order chi connectivity index (χ1) is 22.0. The lowest BCUT2D eigenvalue weighted by molar-refractivity contribution is -0.140. The summed E-state index contributed by atoms with van der Waals surface area (Å²) >= 11 is 6.33. The Kier molecular flexibility index (Phi) is 12.0. The molecule has 0 aromatic heterocycles. The fourth-order valence-corrected chi connectivity index (χ4v) is 6.90. The van der Waals surface area contributed by atoms with Gasteiger partial charge in [0.05, 0.1) is 10.6 Å². The van der Waals surface area contributed by atoms with Crippen molar-refractivity contribution in [3.8, 4) is 0 Å². The lowest BCUT2D eigenvalue weighted by Crippen LogP contribution is -2.54. The molecular weight excluding hydrogens is 618 g/mol. The van der Waals surface area contributed by atoms with Crippen molar-refractivity contribution in [2.45, 2.75) is 70.5 Å². The van der Waals surface area contributed by atoms with Crippen LogP contribution in [0.15, 0.2) is 108 Å². The molecule has 0 aliphatic carbocycles. The van der Waals surface area contributed by atoms with Gasteiger partial charge in [0.2, 0.25) is 11.8 Å². The molecule has 0 spiro atoms. The summed E-state index contributed by atoms with van der Waals surface area (Å²) in [5, 5.41) is 3.55. The molecule has 0 saturated heterocycles. The summed E-state index contributed by atoms with van der Waals surface area (Å²) in [6, 6.07) is 29.3. The van der Waals surface area contributed by atoms with Crippen LogP contribution in [-0.2, 0) is 39.0 Å². The van der Waals surface area contributed by atoms with E-state index in [-0.39, 0.29) is 29.8 Å². The van der Waals surface area contributed by atoms with Gasteiger partial charge in [0, 0.05) is 24.0 Å². The molecule has 0 fully saturated rings. The second kappa shape index (κ2) is 15.9. The molecule has 46 heavy (non-hydrogen) atoms. The van der Waals surface area contributed by atoms with E-state index >= 15 is 0 Å². The smallest absolute Gasteiger partial charge is 0.264 e. The molecule has 4 aromatic rings. The summed E-state index contributed by atoms with van der Waals surface area (Å²) in [7, 11) is -4.18. The first-order valence-electron chi connectivity index (χ1n) is 15.6. The molecule has 0 aliphatic heterocycles. The van der Waals surface area contributed by atoms with Crippen LogP contribution in [-0.4, -0.2) is 43.8 Å². The quantitative estimate of drug-likeness (QED) is 0.159. The minimum absolute atomic E-state index is 0.0542. The predicted octanol–water partition coefficient (Wildman–Crippen LogP) is 6.96. The average molecular weight is 660 g/mol. The molecule has 2 amide bonds. The van der Waals surface area contributed by atoms with Crippen LogP contribution in [0.4, 0.5) is 5.69 Å². The first-order valence-corrected chi connectivity index (χ1v) is 17.4. The van der Waals surface area contributed by atoms with E-state index in [0.717, 1.165) is 22.3 Å². The van der Waals surface area contributed by atoms with Crippen LogP contribution in [0.2, 0.25) is 5.02 Å². The summed E-state index contributed by atoms with van der Waals surface area (Å²) < 4.78 is 29.8. The Bertz CT molecular complexity index is 1730. The predicted molar refractivity (Wildman–Crippen MR) is 185 cm³/mol. The van der Waals surface area contributed by atoms with Gasteiger partial charge in [-0.3, -0.25) is 13.9 Å². The number of anilines is 1. The van der Waals surface area contributed by atoms with Crippen LogP contribution in [0, 0.1) is 6.92 Å². The summed E-state index contributed by atoms with van der Waals surface area (Å²) in [5.41, 5.74) is 3.71. The number of nitrogens with zero attached hydrogens (tertiary/aromatic N) is 2. The van der Waals surface area contributed by atoms with Crippen molar-refractivity contribution in [1.29, 1.82) is 0 Å². The molecule has 4 aromatic carbocycles. The minimum Gasteiger partial charge on any atom is -0.352 e. The van der Waals surface area contributed by atoms with E-state index in [4.69, 9.17) is 11.6 Å². The molecule has 4 rings (SSSR count). The number of halogens is 1. The normalized spacial score (nSPS) is 12.6. The third kappa shape index (κ3) is 8.77. The second-order valence-corrected chi connectivity index (χ2v) is 13.8. The molecule has 2 atom stereocenters. The number of amides is 2. The van der Waals surface area contributed by atoms with E-state index in [0.29, 0.717) is 23.6 Å². The van der Waals surface area contributed by atoms with Gasteiger partial charge in [0.25, 0.3) is 10.0 Å². The molecule has 242 valence electrons. The Balaban J connectivity index is 1.84. The van der Waals surface area contributed by atoms with E-state index < -0.39 is 28.5 Å². The lowest BCUT2D eigenvalue weighted by Gasteiger charge is -2.34. The zero-order chi connectivity index (χ0) is 33.3. The van der Waals surface area contributed by atoms with Crippen LogP contribution in [0.5, 0.6) is 0 Å². The van der Waals surface area contributed by atoms with Crippen LogP contribution < -0.4 is 9.62 Å². The number of hydrogen-bond acceptors (Lipinski definition) is 4. The van der Waals surface area contributed by atoms with E-state index in [2.05, 4.69) is 5.32 Å². The standard InChI is InChI=1S/C37H42ClN3O4S/c1-5-28(4)39-37(43)35(24-29-13-8-7-9-14-29)40(25-30-15-12-17-32(38)23-30)36(42)26-41(34-18-11-10-16-31(34)6-2)46(44,45)33-21-19-27(3)20-22-33/h7-23,28,35H,5-6,24-26H2,1-4H3,(H,39,43)/t28-,35+/m1/s1. The number of para-hydroxylation sites is 1. The maximum atomic E-state index is 14.6. The number of benzene rings is 4. The number of nitrogens with one attached hydrogen (secondary N) is 1. The number of carbonyl (C=O) groups is 2. The summed E-state index contributed by atoms with van der Waals surface area (Å²) in [6.45, 7) is 7.27. The third-order valence-electron chi connectivity index (χ3n) is 8.04. The molecule has 0 saturated carbocycles. The van der Waals surface area contributed by atoms with Crippen molar-refractivity contribution < 1.29 is 18.0 Å². The molecule has 0 radical (unpaired) electrons. The van der Waals surface area contributed by atoms with E-state index in [9.17, 15) is 18.0 Å². The molecule has 9 heteroatoms. The highest BCUT2D eigenvalue weighted by molar-refractivity contribution is 7.92. The van der Waals surface area contributed by atoms with Crippen LogP contribution >= 0.6 is 11.6 Å². The lowest BCUT2D eigenvalue weighted by atomic mass is 10.0. The first kappa shape index (κ1) is 34.7. The highest BCUT2D eigenvalue weighted by atomic mass is 35.5. The van der Waals surface area contributed by atoms with Gasteiger partial charge in [-0.05, 0) is 73.7 Å². The number of aryl methyl sites for hydroxylation is 2. The SMILES string of the molecule is CCc1ccccc1N(CC(=O)N(Cc1cccc(Cl)c1)[C@@H](Cc1ccccc1)C(=O)N[C@H](C)CC)S(=O)(=O)c1ccc(C)cc1. The van der Waals surface area contributed by atoms with Crippen molar-refractivity contribution in [3.05, 3.63) is 130 Å². The van der Waals surface area contributed by atoms with Crippen molar-refractivity contribution in [2.24, 2.45) is 0 Å². The van der Waals surface area contributed by atoms with Crippen LogP contribution in [0.3, 0.4) is 0 Å². The Morgan fingerprint density at radius 3 is 2.15 bits per heavy atom. The Morgan fingerprint density at radius 2 is 1.50 bits per heavy atom. The Morgan fingerprint density at radius 1 is 0.848 bits per heavy atom. The van der Waals surface area contributed by atoms with Gasteiger partial charge in [0.15, 0.2) is 0 Å². The summed E-state index contributed by atoms with van der Waals surface area (Å²) in [6.07, 6.45) is 1.51. The van der Waals surface area contributed by atoms with Crippen LogP contribution in [0.25, 0.3) is 0 Å². The monoisotopic (exact) mass is 659 g/mol. The number of hydrogen-bond donors (Lipinski definition) is 1. The molecule has 1 N–H and O–H groups in total. The van der Waals surface area contributed by atoms with E-state index in [1.54, 1.807) is 54.6 Å². The number of rotatable bonds is 14. The fraction of sp³-hybridized carbons (Fsp3) is 0.297. The molecular formula is C37H42ClN3O4S. The molecule has 0 heterocycles. The van der Waals surface area contributed by atoms with Crippen LogP contribution in [0.1, 0.15) is 49.4 Å². The van der Waals surface area contributed by atoms with Gasteiger partial charge in [-0.1, -0.05) is 104 Å². The van der Waals surface area contributed by atoms with Crippen molar-refractivity contribution in [3.63, 3.8) is 0 Å². The van der Waals surface area contributed by atoms with Gasteiger partial charge < -0.3 is 10.2 Å². The zero-order valence-electron chi connectivity index (χ0n) is 26.8. The zero-order valence-corrected chi connectivity index (χ0v) is 28.4. The summed E-state index contributed by atoms with van der Waals surface area (Å²) in [5.74, 6) is -0.822. The van der Waals surface area contributed by atoms with E-state index in [1.807, 2.05) is 76.2 Å². The summed E-state index contributed by atoms with van der Waals surface area (Å²) in [4.78, 5) is 30.2. The van der Waals surface area contributed by atoms with Gasteiger partial charge in [-0.15, -0.1) is 0 Å². The van der Waals surface area contributed by atoms with E-state index in [1.165, 1.54) is 9.21 Å². The van der Waals surface area contributed by atoms with Gasteiger partial charge >= 0.3 is 0 Å². The fourth-order valence-electron chi connectivity index (χ4n) is 5.23. The molecule has 7 nitrogen and oxygen atoms in total. The Labute approximate surface area is 278 Å². The molecule has 0 unspecified atom stereocenters. The Hall–Kier alpha value is -4.14. The van der Waals surface area contributed by atoms with Crippen molar-refractivity contribution in [2.75, 3.05) is 10.8 Å². The largest absolute Gasteiger partial charge is 0.352 e. The number of carbonyl (C=O) groups excluding carboxylic acids is 2. The maximum Gasteiger partial charge on any atom is 0.264 e. The molecule has 0 bridgehead atoms. The second-order valence-electron chi connectivity index (χ2n) is 11.5. The van der Waals surface area contributed by atoms with Crippen molar-refractivity contribution in [1.82, 2.24) is 10.2 Å². The third-order valence-corrected chi connectivity index (χ3v) is 10.1. The average Bonchev–Trinajstić information content (AvgIpc) is 3.05. The van der Waals surface area contributed by atoms with Crippen molar-refractivity contribution >= 4 is 39.1 Å². The highest BCUT2D eigenvalue weighted by Gasteiger charge is 2.35. The van der Waals surface area contributed by atoms with Gasteiger partial charge in [-0.25, -0.2) is 8.42 Å².